The minimum absolute atomic E-state index is 0.0390. The zero-order chi connectivity index (χ0) is 13.5. The van der Waals surface area contributed by atoms with Gasteiger partial charge in [0.25, 0.3) is 0 Å². The molecule has 1 unspecified atom stereocenters. The summed E-state index contributed by atoms with van der Waals surface area (Å²) in [4.78, 5) is 11.9. The van der Waals surface area contributed by atoms with Gasteiger partial charge in [-0.1, -0.05) is 25.7 Å². The molecule has 1 aliphatic rings. The average Bonchev–Trinajstić information content (AvgIpc) is 2.72. The van der Waals surface area contributed by atoms with E-state index in [1.165, 1.54) is 25.7 Å². The Bertz CT molecular complexity index is 368. The highest BCUT2D eigenvalue weighted by atomic mass is 16.3. The number of carbonyl (C=O) groups excluding carboxylic acids is 1. The monoisotopic (exact) mass is 264 g/mol. The average molecular weight is 264 g/mol. The van der Waals surface area contributed by atoms with Gasteiger partial charge in [0.1, 0.15) is 0 Å². The van der Waals surface area contributed by atoms with Crippen molar-refractivity contribution < 1.29 is 9.21 Å². The molecule has 2 amide bonds. The van der Waals surface area contributed by atoms with Crippen molar-refractivity contribution in [1.82, 2.24) is 10.6 Å². The lowest BCUT2D eigenvalue weighted by Gasteiger charge is -2.19. The number of carbonyl (C=O) groups is 1. The second kappa shape index (κ2) is 7.22. The minimum atomic E-state index is -0.0390. The summed E-state index contributed by atoms with van der Waals surface area (Å²) in [5, 5.41) is 6.09. The lowest BCUT2D eigenvalue weighted by molar-refractivity contribution is 0.232. The summed E-state index contributed by atoms with van der Waals surface area (Å²) in [7, 11) is 0. The number of rotatable bonds is 4. The third kappa shape index (κ3) is 4.97. The Morgan fingerprint density at radius 2 is 2.11 bits per heavy atom. The highest BCUT2D eigenvalue weighted by Gasteiger charge is 2.15. The molecule has 0 bridgehead atoms. The molecule has 0 aromatic carbocycles. The van der Waals surface area contributed by atoms with Gasteiger partial charge in [-0.25, -0.2) is 4.79 Å². The topological polar surface area (TPSA) is 54.3 Å². The Morgan fingerprint density at radius 3 is 2.74 bits per heavy atom. The molecule has 4 nitrogen and oxygen atoms in total. The van der Waals surface area contributed by atoms with Crippen LogP contribution in [0.4, 0.5) is 4.79 Å². The molecule has 1 fully saturated rings. The van der Waals surface area contributed by atoms with Gasteiger partial charge < -0.3 is 15.1 Å². The van der Waals surface area contributed by atoms with E-state index in [9.17, 15) is 4.79 Å². The second-order valence-electron chi connectivity index (χ2n) is 5.54. The normalized spacial score (nSPS) is 18.6. The molecule has 0 spiro atoms. The summed E-state index contributed by atoms with van der Waals surface area (Å²) in [5.41, 5.74) is 1.11. The molecule has 1 aromatic heterocycles. The van der Waals surface area contributed by atoms with Gasteiger partial charge in [-0.3, -0.25) is 0 Å². The van der Waals surface area contributed by atoms with Crippen LogP contribution in [0.1, 0.15) is 51.0 Å². The van der Waals surface area contributed by atoms with Crippen LogP contribution in [0.25, 0.3) is 0 Å². The van der Waals surface area contributed by atoms with Crippen molar-refractivity contribution in [3.05, 3.63) is 24.2 Å². The Kier molecular flexibility index (Phi) is 5.31. The molecule has 19 heavy (non-hydrogen) atoms. The lowest BCUT2D eigenvalue weighted by Crippen LogP contribution is -2.45. The van der Waals surface area contributed by atoms with Crippen molar-refractivity contribution >= 4 is 6.03 Å². The van der Waals surface area contributed by atoms with Crippen LogP contribution in [0.3, 0.4) is 0 Å². The van der Waals surface area contributed by atoms with E-state index in [0.29, 0.717) is 6.04 Å². The highest BCUT2D eigenvalue weighted by molar-refractivity contribution is 5.74. The van der Waals surface area contributed by atoms with Crippen molar-refractivity contribution in [3.8, 4) is 0 Å². The fourth-order valence-corrected chi connectivity index (χ4v) is 2.69. The predicted molar refractivity (Wildman–Crippen MR) is 75.0 cm³/mol. The Hall–Kier alpha value is -1.45. The molecule has 1 aliphatic carbocycles. The van der Waals surface area contributed by atoms with Crippen molar-refractivity contribution in [2.75, 3.05) is 0 Å². The van der Waals surface area contributed by atoms with Gasteiger partial charge in [-0.15, -0.1) is 0 Å². The highest BCUT2D eigenvalue weighted by Crippen LogP contribution is 2.17. The number of nitrogens with one attached hydrogen (secondary N) is 2. The zero-order valence-corrected chi connectivity index (χ0v) is 11.7. The van der Waals surface area contributed by atoms with Crippen molar-refractivity contribution in [3.63, 3.8) is 0 Å². The van der Waals surface area contributed by atoms with E-state index >= 15 is 0 Å². The van der Waals surface area contributed by atoms with Gasteiger partial charge in [-0.05, 0) is 37.8 Å². The van der Waals surface area contributed by atoms with Crippen LogP contribution in [0.15, 0.2) is 23.0 Å². The first kappa shape index (κ1) is 14.0. The van der Waals surface area contributed by atoms with E-state index < -0.39 is 0 Å². The Labute approximate surface area is 114 Å². The van der Waals surface area contributed by atoms with Crippen LogP contribution in [-0.2, 0) is 6.42 Å². The number of hydrogen-bond donors (Lipinski definition) is 2. The van der Waals surface area contributed by atoms with Gasteiger partial charge in [0.15, 0.2) is 0 Å². The lowest BCUT2D eigenvalue weighted by atomic mass is 10.1. The number of amides is 2. The molecule has 1 aromatic rings. The van der Waals surface area contributed by atoms with Gasteiger partial charge >= 0.3 is 6.03 Å². The smallest absolute Gasteiger partial charge is 0.315 e. The summed E-state index contributed by atoms with van der Waals surface area (Å²) in [6, 6.07) is 2.36. The van der Waals surface area contributed by atoms with Crippen LogP contribution in [0.5, 0.6) is 0 Å². The second-order valence-corrected chi connectivity index (χ2v) is 5.54. The summed E-state index contributed by atoms with van der Waals surface area (Å²) in [6.45, 7) is 2.01. The van der Waals surface area contributed by atoms with Crippen LogP contribution in [0, 0.1) is 0 Å². The van der Waals surface area contributed by atoms with E-state index in [-0.39, 0.29) is 12.1 Å². The molecule has 1 atom stereocenters. The summed E-state index contributed by atoms with van der Waals surface area (Å²) < 4.78 is 5.03. The van der Waals surface area contributed by atoms with Crippen LogP contribution < -0.4 is 10.6 Å². The molecule has 1 saturated carbocycles. The third-order valence-corrected chi connectivity index (χ3v) is 3.69. The van der Waals surface area contributed by atoms with Gasteiger partial charge in [0.05, 0.1) is 12.5 Å². The van der Waals surface area contributed by atoms with Gasteiger partial charge in [-0.2, -0.15) is 0 Å². The molecule has 0 saturated heterocycles. The Balaban J connectivity index is 1.70. The molecule has 0 aliphatic heterocycles. The van der Waals surface area contributed by atoms with Crippen molar-refractivity contribution in [2.45, 2.75) is 64.0 Å². The van der Waals surface area contributed by atoms with Gasteiger partial charge in [0.2, 0.25) is 0 Å². The molecule has 106 valence electrons. The summed E-state index contributed by atoms with van der Waals surface area (Å²) >= 11 is 0. The molecular formula is C15H24N2O2. The SMILES string of the molecule is CC(Cc1ccoc1)NC(=O)NC1CCCCCC1. The first-order valence-electron chi connectivity index (χ1n) is 7.32. The van der Waals surface area contributed by atoms with E-state index in [2.05, 4.69) is 10.6 Å². The fourth-order valence-electron chi connectivity index (χ4n) is 2.69. The molecular weight excluding hydrogens is 240 g/mol. The van der Waals surface area contributed by atoms with Crippen molar-refractivity contribution in [2.24, 2.45) is 0 Å². The third-order valence-electron chi connectivity index (χ3n) is 3.69. The Morgan fingerprint density at radius 1 is 1.37 bits per heavy atom. The van der Waals surface area contributed by atoms with Crippen LogP contribution >= 0.6 is 0 Å². The summed E-state index contributed by atoms with van der Waals surface area (Å²) in [6.07, 6.45) is 11.5. The van der Waals surface area contributed by atoms with Crippen LogP contribution in [0.2, 0.25) is 0 Å². The zero-order valence-electron chi connectivity index (χ0n) is 11.7. The molecule has 1 heterocycles. The van der Waals surface area contributed by atoms with Gasteiger partial charge in [0, 0.05) is 12.1 Å². The standard InChI is InChI=1S/C15H24N2O2/c1-12(10-13-8-9-19-11-13)16-15(18)17-14-6-4-2-3-5-7-14/h8-9,11-12,14H,2-7,10H2,1H3,(H2,16,17,18). The quantitative estimate of drug-likeness (QED) is 0.820. The molecule has 0 radical (unpaired) electrons. The minimum Gasteiger partial charge on any atom is -0.472 e. The molecule has 4 heteroatoms. The molecule has 2 rings (SSSR count). The van der Waals surface area contributed by atoms with E-state index in [4.69, 9.17) is 4.42 Å². The maximum absolute atomic E-state index is 11.9. The van der Waals surface area contributed by atoms with E-state index in [1.807, 2.05) is 13.0 Å². The number of urea groups is 1. The largest absolute Gasteiger partial charge is 0.472 e. The van der Waals surface area contributed by atoms with E-state index in [0.717, 1.165) is 24.8 Å². The number of hydrogen-bond acceptors (Lipinski definition) is 2. The first-order valence-corrected chi connectivity index (χ1v) is 7.32. The predicted octanol–water partition coefficient (Wildman–Crippen LogP) is 3.23. The molecule has 2 N–H and O–H groups in total. The fraction of sp³-hybridized carbons (Fsp3) is 0.667. The first-order chi connectivity index (χ1) is 9.24. The van der Waals surface area contributed by atoms with E-state index in [1.54, 1.807) is 12.5 Å². The maximum atomic E-state index is 11.9. The van der Waals surface area contributed by atoms with Crippen molar-refractivity contribution in [1.29, 1.82) is 0 Å². The number of furan rings is 1. The maximum Gasteiger partial charge on any atom is 0.315 e. The van der Waals surface area contributed by atoms with Crippen LogP contribution in [-0.4, -0.2) is 18.1 Å². The summed E-state index contributed by atoms with van der Waals surface area (Å²) in [5.74, 6) is 0.